The van der Waals surface area contributed by atoms with Gasteiger partial charge in [0.25, 0.3) is 0 Å². The number of nitrogens with one attached hydrogen (secondary N) is 2. The van der Waals surface area contributed by atoms with E-state index in [9.17, 15) is 9.18 Å². The van der Waals surface area contributed by atoms with Crippen LogP contribution in [-0.2, 0) is 11.2 Å². The van der Waals surface area contributed by atoms with Gasteiger partial charge in [0.15, 0.2) is 0 Å². The number of hydrogen-bond acceptors (Lipinski definition) is 2. The van der Waals surface area contributed by atoms with Gasteiger partial charge in [-0.2, -0.15) is 0 Å². The van der Waals surface area contributed by atoms with Crippen molar-refractivity contribution in [1.29, 1.82) is 0 Å². The maximum Gasteiger partial charge on any atom is 0.216 e. The number of benzene rings is 1. The Balaban J connectivity index is 2.22. The van der Waals surface area contributed by atoms with Gasteiger partial charge in [0.05, 0.1) is 0 Å². The summed E-state index contributed by atoms with van der Waals surface area (Å²) in [5, 5.41) is 6.01. The fourth-order valence-corrected chi connectivity index (χ4v) is 1.60. The fraction of sp³-hybridized carbons (Fsp3) is 0.462. The van der Waals surface area contributed by atoms with Crippen molar-refractivity contribution in [2.24, 2.45) is 0 Å². The number of carbonyl (C=O) groups is 1. The second-order valence-corrected chi connectivity index (χ2v) is 4.17. The van der Waals surface area contributed by atoms with Crippen LogP contribution in [0.5, 0.6) is 0 Å². The third kappa shape index (κ3) is 6.02. The maximum atomic E-state index is 12.7. The summed E-state index contributed by atoms with van der Waals surface area (Å²) in [5.41, 5.74) is 1.10. The summed E-state index contributed by atoms with van der Waals surface area (Å²) in [6.07, 6.45) is 0.848. The summed E-state index contributed by atoms with van der Waals surface area (Å²) < 4.78 is 12.7. The molecule has 4 heteroatoms. The quantitative estimate of drug-likeness (QED) is 0.737. The first-order valence-electron chi connectivity index (χ1n) is 5.80. The average molecular weight is 238 g/mol. The van der Waals surface area contributed by atoms with Crippen LogP contribution in [0.4, 0.5) is 4.39 Å². The number of halogens is 1. The molecule has 0 aliphatic carbocycles. The lowest BCUT2D eigenvalue weighted by Gasteiger charge is -2.13. The number of carbonyl (C=O) groups excluding carboxylic acids is 1. The Morgan fingerprint density at radius 3 is 2.53 bits per heavy atom. The summed E-state index contributed by atoms with van der Waals surface area (Å²) in [6, 6.07) is 6.83. The maximum absolute atomic E-state index is 12.7. The zero-order valence-electron chi connectivity index (χ0n) is 10.3. The van der Waals surface area contributed by atoms with E-state index in [2.05, 4.69) is 17.6 Å². The van der Waals surface area contributed by atoms with Crippen LogP contribution in [0.2, 0.25) is 0 Å². The molecule has 17 heavy (non-hydrogen) atoms. The molecule has 0 aliphatic heterocycles. The molecule has 0 heterocycles. The molecule has 1 aromatic rings. The third-order valence-electron chi connectivity index (χ3n) is 2.45. The van der Waals surface area contributed by atoms with E-state index in [1.54, 1.807) is 12.1 Å². The lowest BCUT2D eigenvalue weighted by molar-refractivity contribution is -0.118. The summed E-state index contributed by atoms with van der Waals surface area (Å²) >= 11 is 0. The normalized spacial score (nSPS) is 12.2. The molecule has 1 aromatic carbocycles. The highest BCUT2D eigenvalue weighted by Crippen LogP contribution is 2.05. The SMILES string of the molecule is CC(=O)NCCN[C@H](C)Cc1ccc(F)cc1. The molecule has 1 rings (SSSR count). The topological polar surface area (TPSA) is 41.1 Å². The van der Waals surface area contributed by atoms with E-state index >= 15 is 0 Å². The zero-order valence-corrected chi connectivity index (χ0v) is 10.3. The molecular weight excluding hydrogens is 219 g/mol. The van der Waals surface area contributed by atoms with Crippen molar-refractivity contribution < 1.29 is 9.18 Å². The van der Waals surface area contributed by atoms with Crippen molar-refractivity contribution in [2.75, 3.05) is 13.1 Å². The van der Waals surface area contributed by atoms with Gasteiger partial charge in [-0.15, -0.1) is 0 Å². The molecule has 2 N–H and O–H groups in total. The minimum Gasteiger partial charge on any atom is -0.355 e. The van der Waals surface area contributed by atoms with Crippen LogP contribution in [0.1, 0.15) is 19.4 Å². The van der Waals surface area contributed by atoms with Gasteiger partial charge in [-0.25, -0.2) is 4.39 Å². The number of hydrogen-bond donors (Lipinski definition) is 2. The Morgan fingerprint density at radius 1 is 1.29 bits per heavy atom. The molecule has 0 bridgehead atoms. The first-order chi connectivity index (χ1) is 8.08. The van der Waals surface area contributed by atoms with Crippen LogP contribution in [0.15, 0.2) is 24.3 Å². The Kier molecular flexibility index (Phi) is 5.63. The van der Waals surface area contributed by atoms with Crippen molar-refractivity contribution in [3.8, 4) is 0 Å². The molecule has 0 unspecified atom stereocenters. The predicted molar refractivity (Wildman–Crippen MR) is 66.3 cm³/mol. The molecule has 0 saturated heterocycles. The van der Waals surface area contributed by atoms with Gasteiger partial charge in [-0.05, 0) is 31.0 Å². The van der Waals surface area contributed by atoms with Crippen LogP contribution in [0, 0.1) is 5.82 Å². The lowest BCUT2D eigenvalue weighted by atomic mass is 10.1. The van der Waals surface area contributed by atoms with E-state index < -0.39 is 0 Å². The molecule has 3 nitrogen and oxygen atoms in total. The van der Waals surface area contributed by atoms with Crippen molar-refractivity contribution in [3.05, 3.63) is 35.6 Å². The number of amides is 1. The molecular formula is C13H19FN2O. The summed E-state index contributed by atoms with van der Waals surface area (Å²) in [4.78, 5) is 10.6. The molecule has 0 fully saturated rings. The largest absolute Gasteiger partial charge is 0.355 e. The van der Waals surface area contributed by atoms with Crippen molar-refractivity contribution in [3.63, 3.8) is 0 Å². The monoisotopic (exact) mass is 238 g/mol. The molecule has 0 saturated carbocycles. The smallest absolute Gasteiger partial charge is 0.216 e. The highest BCUT2D eigenvalue weighted by Gasteiger charge is 2.02. The molecule has 1 amide bonds. The first kappa shape index (κ1) is 13.6. The highest BCUT2D eigenvalue weighted by atomic mass is 19.1. The van der Waals surface area contributed by atoms with Crippen LogP contribution >= 0.6 is 0 Å². The second kappa shape index (κ2) is 7.01. The highest BCUT2D eigenvalue weighted by molar-refractivity contribution is 5.72. The van der Waals surface area contributed by atoms with Gasteiger partial charge in [-0.1, -0.05) is 12.1 Å². The van der Waals surface area contributed by atoms with Crippen molar-refractivity contribution in [1.82, 2.24) is 10.6 Å². The lowest BCUT2D eigenvalue weighted by Crippen LogP contribution is -2.35. The molecule has 0 aromatic heterocycles. The van der Waals surface area contributed by atoms with E-state index in [1.807, 2.05) is 0 Å². The summed E-state index contributed by atoms with van der Waals surface area (Å²) in [5.74, 6) is -0.224. The molecule has 1 atom stereocenters. The van der Waals surface area contributed by atoms with E-state index in [4.69, 9.17) is 0 Å². The third-order valence-corrected chi connectivity index (χ3v) is 2.45. The van der Waals surface area contributed by atoms with E-state index in [0.29, 0.717) is 12.6 Å². The van der Waals surface area contributed by atoms with Gasteiger partial charge < -0.3 is 10.6 Å². The average Bonchev–Trinajstić information content (AvgIpc) is 2.27. The van der Waals surface area contributed by atoms with Gasteiger partial charge in [-0.3, -0.25) is 4.79 Å². The van der Waals surface area contributed by atoms with Crippen LogP contribution in [-0.4, -0.2) is 25.0 Å². The number of rotatable bonds is 6. The van der Waals surface area contributed by atoms with E-state index in [-0.39, 0.29) is 11.7 Å². The van der Waals surface area contributed by atoms with Crippen molar-refractivity contribution in [2.45, 2.75) is 26.3 Å². The molecule has 0 spiro atoms. The molecule has 0 aliphatic rings. The van der Waals surface area contributed by atoms with Crippen LogP contribution < -0.4 is 10.6 Å². The van der Waals surface area contributed by atoms with Crippen molar-refractivity contribution >= 4 is 5.91 Å². The minimum atomic E-state index is -0.208. The Hall–Kier alpha value is -1.42. The standard InChI is InChI=1S/C13H19FN2O/c1-10(15-7-8-16-11(2)17)9-12-3-5-13(14)6-4-12/h3-6,10,15H,7-9H2,1-2H3,(H,16,17)/t10-/m1/s1. The van der Waals surface area contributed by atoms with Gasteiger partial charge in [0.2, 0.25) is 5.91 Å². The van der Waals surface area contributed by atoms with Gasteiger partial charge >= 0.3 is 0 Å². The summed E-state index contributed by atoms with van der Waals surface area (Å²) in [6.45, 7) is 4.93. The van der Waals surface area contributed by atoms with E-state index in [1.165, 1.54) is 19.1 Å². The minimum absolute atomic E-state index is 0.0158. The van der Waals surface area contributed by atoms with E-state index in [0.717, 1.165) is 18.5 Å². The summed E-state index contributed by atoms with van der Waals surface area (Å²) in [7, 11) is 0. The second-order valence-electron chi connectivity index (χ2n) is 4.17. The Bertz CT molecular complexity index is 351. The first-order valence-corrected chi connectivity index (χ1v) is 5.80. The fourth-order valence-electron chi connectivity index (χ4n) is 1.60. The zero-order chi connectivity index (χ0) is 12.7. The van der Waals surface area contributed by atoms with Crippen LogP contribution in [0.3, 0.4) is 0 Å². The Morgan fingerprint density at radius 2 is 1.94 bits per heavy atom. The Labute approximate surface area is 101 Å². The molecule has 94 valence electrons. The van der Waals surface area contributed by atoms with Gasteiger partial charge in [0.1, 0.15) is 5.82 Å². The van der Waals surface area contributed by atoms with Gasteiger partial charge in [0, 0.05) is 26.1 Å². The predicted octanol–water partition coefficient (Wildman–Crippen LogP) is 1.48. The van der Waals surface area contributed by atoms with Crippen LogP contribution in [0.25, 0.3) is 0 Å². The molecule has 0 radical (unpaired) electrons.